The molecule has 1 aromatic rings. The number of ether oxygens (including phenoxy) is 3. The number of hydrogen-bond donors (Lipinski definition) is 2. The predicted octanol–water partition coefficient (Wildman–Crippen LogP) is 0.816. The first-order chi connectivity index (χ1) is 17.5. The Labute approximate surface area is 220 Å². The van der Waals surface area contributed by atoms with Gasteiger partial charge < -0.3 is 24.6 Å². The lowest BCUT2D eigenvalue weighted by Crippen LogP contribution is -2.70. The van der Waals surface area contributed by atoms with E-state index in [2.05, 4.69) is 5.32 Å². The van der Waals surface area contributed by atoms with Gasteiger partial charge in [0, 0.05) is 25.2 Å². The molecule has 37 heavy (non-hydrogen) atoms. The van der Waals surface area contributed by atoms with E-state index in [9.17, 15) is 33.9 Å². The number of hydrogen-bond acceptors (Lipinski definition) is 10. The smallest absolute Gasteiger partial charge is 0.352 e. The van der Waals surface area contributed by atoms with E-state index in [0.29, 0.717) is 11.1 Å². The Kier molecular flexibility index (Phi) is 9.16. The van der Waals surface area contributed by atoms with Gasteiger partial charge in [0.05, 0.1) is 12.0 Å². The molecule has 3 atom stereocenters. The molecule has 0 spiro atoms. The van der Waals surface area contributed by atoms with E-state index in [0.717, 1.165) is 4.90 Å². The number of β-lactam (4-membered cyclic amide) rings is 1. The lowest BCUT2D eigenvalue weighted by atomic mass is 10.0. The van der Waals surface area contributed by atoms with Gasteiger partial charge in [-0.15, -0.1) is 23.4 Å². The van der Waals surface area contributed by atoms with Gasteiger partial charge in [0.2, 0.25) is 12.2 Å². The molecule has 198 valence electrons. The van der Waals surface area contributed by atoms with Crippen molar-refractivity contribution in [1.29, 1.82) is 0 Å². The van der Waals surface area contributed by atoms with E-state index in [1.807, 2.05) is 0 Å². The van der Waals surface area contributed by atoms with Crippen molar-refractivity contribution in [3.8, 4) is 0 Å². The van der Waals surface area contributed by atoms with E-state index in [4.69, 9.17) is 25.8 Å². The number of thioether (sulfide) groups is 1. The van der Waals surface area contributed by atoms with Crippen LogP contribution < -0.4 is 5.32 Å². The van der Waals surface area contributed by atoms with Gasteiger partial charge in [-0.3, -0.25) is 24.1 Å². The number of nitrogens with zero attached hydrogens (tertiary/aromatic N) is 1. The summed E-state index contributed by atoms with van der Waals surface area (Å²) in [5.41, 5.74) is 0.770. The largest absolute Gasteiger partial charge is 0.477 e. The number of carboxylic acid groups (broad SMARTS) is 1. The third kappa shape index (κ3) is 6.80. The Balaban J connectivity index is 1.56. The van der Waals surface area contributed by atoms with Crippen LogP contribution >= 0.6 is 23.4 Å². The van der Waals surface area contributed by atoms with Gasteiger partial charge >= 0.3 is 23.9 Å². The highest BCUT2D eigenvalue weighted by atomic mass is 35.5. The van der Waals surface area contributed by atoms with Crippen LogP contribution in [0.5, 0.6) is 0 Å². The molecule has 2 unspecified atom stereocenters. The molecule has 14 heteroatoms. The minimum absolute atomic E-state index is 0.0977. The summed E-state index contributed by atoms with van der Waals surface area (Å²) in [5.74, 6) is -4.58. The van der Waals surface area contributed by atoms with Crippen molar-refractivity contribution in [2.24, 2.45) is 0 Å². The minimum Gasteiger partial charge on any atom is -0.477 e. The summed E-state index contributed by atoms with van der Waals surface area (Å²) in [4.78, 5) is 72.5. The zero-order valence-electron chi connectivity index (χ0n) is 19.7. The first kappa shape index (κ1) is 28.0. The van der Waals surface area contributed by atoms with Crippen LogP contribution in [0.25, 0.3) is 0 Å². The number of amides is 2. The number of carbonyl (C=O) groups is 6. The quantitative estimate of drug-likeness (QED) is 0.182. The summed E-state index contributed by atoms with van der Waals surface area (Å²) in [5, 5.41) is 11.6. The van der Waals surface area contributed by atoms with E-state index < -0.39 is 53.4 Å². The average Bonchev–Trinajstić information content (AvgIpc) is 2.85. The number of halogens is 1. The first-order valence-corrected chi connectivity index (χ1v) is 12.5. The SMILES string of the molecule is CC(=O)OCC1=C(C(=O)O)N2C(=O)C(NC(=O)Cc3ccc(C(=O)OC(C)OC(=O)CCl)cc3)[C@@H]2SC1. The van der Waals surface area contributed by atoms with Gasteiger partial charge in [-0.2, -0.15) is 0 Å². The number of benzene rings is 1. The van der Waals surface area contributed by atoms with Crippen molar-refractivity contribution in [2.45, 2.75) is 38.0 Å². The molecule has 2 aliphatic heterocycles. The number of esters is 3. The van der Waals surface area contributed by atoms with Crippen LogP contribution in [0.3, 0.4) is 0 Å². The second-order valence-electron chi connectivity index (χ2n) is 7.96. The first-order valence-electron chi connectivity index (χ1n) is 10.9. The van der Waals surface area contributed by atoms with Crippen molar-refractivity contribution >= 4 is 59.1 Å². The molecule has 2 N–H and O–H groups in total. The van der Waals surface area contributed by atoms with Crippen LogP contribution in [0.1, 0.15) is 29.8 Å². The fraction of sp³-hybridized carbons (Fsp3) is 0.391. The normalized spacial score (nSPS) is 19.2. The summed E-state index contributed by atoms with van der Waals surface area (Å²) in [6.45, 7) is 2.32. The predicted molar refractivity (Wildman–Crippen MR) is 128 cm³/mol. The Morgan fingerprint density at radius 3 is 2.46 bits per heavy atom. The number of fused-ring (bicyclic) bond motifs is 1. The molecular weight excluding hydrogens is 532 g/mol. The van der Waals surface area contributed by atoms with Gasteiger partial charge in [-0.05, 0) is 17.7 Å². The highest BCUT2D eigenvalue weighted by Crippen LogP contribution is 2.40. The Morgan fingerprint density at radius 1 is 1.19 bits per heavy atom. The number of carboxylic acids is 1. The van der Waals surface area contributed by atoms with Crippen LogP contribution in [0, 0.1) is 0 Å². The molecule has 12 nitrogen and oxygen atoms in total. The van der Waals surface area contributed by atoms with Gasteiger partial charge in [0.25, 0.3) is 5.91 Å². The lowest BCUT2D eigenvalue weighted by Gasteiger charge is -2.49. The number of rotatable bonds is 10. The highest BCUT2D eigenvalue weighted by Gasteiger charge is 2.54. The molecule has 3 rings (SSSR count). The van der Waals surface area contributed by atoms with Gasteiger partial charge in [0.1, 0.15) is 29.6 Å². The van der Waals surface area contributed by atoms with E-state index in [-0.39, 0.29) is 35.9 Å². The molecule has 2 heterocycles. The zero-order valence-corrected chi connectivity index (χ0v) is 21.3. The maximum atomic E-state index is 12.7. The molecular formula is C23H23ClN2O10S. The molecule has 0 bridgehead atoms. The van der Waals surface area contributed by atoms with E-state index in [1.165, 1.54) is 49.9 Å². The van der Waals surface area contributed by atoms with Gasteiger partial charge in [-0.25, -0.2) is 9.59 Å². The molecule has 0 radical (unpaired) electrons. The summed E-state index contributed by atoms with van der Waals surface area (Å²) >= 11 is 6.59. The van der Waals surface area contributed by atoms with Crippen molar-refractivity contribution in [1.82, 2.24) is 10.2 Å². The fourth-order valence-corrected chi connectivity index (χ4v) is 5.00. The Morgan fingerprint density at radius 2 is 1.86 bits per heavy atom. The van der Waals surface area contributed by atoms with Crippen LogP contribution in [0.2, 0.25) is 0 Å². The van der Waals surface area contributed by atoms with Crippen LogP contribution in [0.15, 0.2) is 35.5 Å². The summed E-state index contributed by atoms with van der Waals surface area (Å²) < 4.78 is 14.6. The summed E-state index contributed by atoms with van der Waals surface area (Å²) in [6.07, 6.45) is -1.23. The third-order valence-corrected chi connectivity index (χ3v) is 6.81. The van der Waals surface area contributed by atoms with Crippen LogP contribution in [0.4, 0.5) is 0 Å². The monoisotopic (exact) mass is 554 g/mol. The van der Waals surface area contributed by atoms with E-state index >= 15 is 0 Å². The number of alkyl halides is 1. The van der Waals surface area contributed by atoms with Crippen molar-refractivity contribution in [3.63, 3.8) is 0 Å². The molecule has 2 amide bonds. The van der Waals surface area contributed by atoms with Crippen LogP contribution in [-0.4, -0.2) is 81.6 Å². The van der Waals surface area contributed by atoms with E-state index in [1.54, 1.807) is 0 Å². The molecule has 0 aliphatic carbocycles. The standard InChI is InChI=1S/C23H23ClN2O10S/c1-11(27)34-9-15-10-37-21-18(20(30)26(21)19(15)22(31)32)25-16(28)7-13-3-5-14(6-4-13)23(33)36-12(2)35-17(29)8-24/h3-6,12,18,21H,7-10H2,1-2H3,(H,25,28)(H,31,32)/t12?,18?,21-/m0/s1. The minimum atomic E-state index is -1.32. The molecule has 0 saturated carbocycles. The van der Waals surface area contributed by atoms with Crippen molar-refractivity contribution in [2.75, 3.05) is 18.2 Å². The van der Waals surface area contributed by atoms with Crippen molar-refractivity contribution in [3.05, 3.63) is 46.7 Å². The van der Waals surface area contributed by atoms with Gasteiger partial charge in [-0.1, -0.05) is 12.1 Å². The second-order valence-corrected chi connectivity index (χ2v) is 9.33. The van der Waals surface area contributed by atoms with Gasteiger partial charge in [0.15, 0.2) is 0 Å². The third-order valence-electron chi connectivity index (χ3n) is 5.25. The second kappa shape index (κ2) is 12.1. The lowest BCUT2D eigenvalue weighted by molar-refractivity contribution is -0.162. The summed E-state index contributed by atoms with van der Waals surface area (Å²) in [7, 11) is 0. The zero-order chi connectivity index (χ0) is 27.3. The summed E-state index contributed by atoms with van der Waals surface area (Å²) in [6, 6.07) is 5.02. The van der Waals surface area contributed by atoms with Crippen molar-refractivity contribution < 1.29 is 48.1 Å². The fourth-order valence-electron chi connectivity index (χ4n) is 3.61. The maximum Gasteiger partial charge on any atom is 0.352 e. The molecule has 1 fully saturated rings. The number of nitrogens with one attached hydrogen (secondary N) is 1. The molecule has 1 saturated heterocycles. The molecule has 2 aliphatic rings. The average molecular weight is 555 g/mol. The maximum absolute atomic E-state index is 12.7. The molecule has 1 aromatic carbocycles. The topological polar surface area (TPSA) is 166 Å². The number of carbonyl (C=O) groups excluding carboxylic acids is 5. The Hall–Kier alpha value is -3.58. The highest BCUT2D eigenvalue weighted by molar-refractivity contribution is 8.00. The molecule has 0 aromatic heterocycles. The Bertz CT molecular complexity index is 1150. The van der Waals surface area contributed by atoms with Crippen LogP contribution in [-0.2, 0) is 44.6 Å². The number of aliphatic carboxylic acids is 1.